The summed E-state index contributed by atoms with van der Waals surface area (Å²) in [6, 6.07) is 0. The number of aromatic nitrogens is 2. The predicted molar refractivity (Wildman–Crippen MR) is 60.2 cm³/mol. The Balaban J connectivity index is 2.39. The zero-order valence-corrected chi connectivity index (χ0v) is 9.23. The highest BCUT2D eigenvalue weighted by Crippen LogP contribution is 2.00. The van der Waals surface area contributed by atoms with Gasteiger partial charge in [-0.2, -0.15) is 5.10 Å². The zero-order chi connectivity index (χ0) is 11.1. The monoisotopic (exact) mass is 207 g/mol. The van der Waals surface area contributed by atoms with Gasteiger partial charge in [0.25, 0.3) is 0 Å². The van der Waals surface area contributed by atoms with Crippen LogP contribution in [-0.2, 0) is 11.3 Å². The largest absolute Gasteiger partial charge is 0.353 e. The molecule has 0 spiro atoms. The Morgan fingerprint density at radius 2 is 2.47 bits per heavy atom. The third-order valence-corrected chi connectivity index (χ3v) is 1.89. The average molecular weight is 207 g/mol. The van der Waals surface area contributed by atoms with Crippen molar-refractivity contribution in [3.63, 3.8) is 0 Å². The first-order valence-electron chi connectivity index (χ1n) is 5.16. The minimum absolute atomic E-state index is 0.0127. The van der Waals surface area contributed by atoms with Crippen molar-refractivity contribution in [2.75, 3.05) is 6.54 Å². The van der Waals surface area contributed by atoms with E-state index in [1.54, 1.807) is 0 Å². The average Bonchev–Trinajstić information content (AvgIpc) is 2.61. The summed E-state index contributed by atoms with van der Waals surface area (Å²) >= 11 is 0. The summed E-state index contributed by atoms with van der Waals surface area (Å²) in [6.07, 6.45) is 8.76. The van der Waals surface area contributed by atoms with Crippen LogP contribution < -0.4 is 5.32 Å². The van der Waals surface area contributed by atoms with Crippen LogP contribution in [0.25, 0.3) is 6.08 Å². The molecule has 1 aromatic rings. The molecule has 0 aliphatic rings. The van der Waals surface area contributed by atoms with Crippen molar-refractivity contribution in [1.82, 2.24) is 15.1 Å². The van der Waals surface area contributed by atoms with Crippen LogP contribution in [0.3, 0.4) is 0 Å². The predicted octanol–water partition coefficient (Wildman–Crippen LogP) is 1.44. The molecule has 0 radical (unpaired) electrons. The number of nitrogens with one attached hydrogen (secondary N) is 1. The lowest BCUT2D eigenvalue weighted by Gasteiger charge is -1.94. The molecule has 0 aliphatic carbocycles. The SMILES string of the molecule is CCCn1cc(C=CCNC(C)=O)cn1. The number of amides is 1. The van der Waals surface area contributed by atoms with Gasteiger partial charge in [0.2, 0.25) is 5.91 Å². The van der Waals surface area contributed by atoms with E-state index in [0.29, 0.717) is 6.54 Å². The van der Waals surface area contributed by atoms with Gasteiger partial charge in [0, 0.05) is 31.8 Å². The molecule has 1 N–H and O–H groups in total. The summed E-state index contributed by atoms with van der Waals surface area (Å²) in [5.74, 6) is -0.0127. The highest BCUT2D eigenvalue weighted by atomic mass is 16.1. The minimum Gasteiger partial charge on any atom is -0.353 e. The maximum absolute atomic E-state index is 10.6. The molecule has 0 fully saturated rings. The molecular formula is C11H17N3O. The van der Waals surface area contributed by atoms with E-state index in [0.717, 1.165) is 18.5 Å². The summed E-state index contributed by atoms with van der Waals surface area (Å²) in [5.41, 5.74) is 1.06. The first-order valence-corrected chi connectivity index (χ1v) is 5.16. The number of rotatable bonds is 5. The summed E-state index contributed by atoms with van der Waals surface area (Å²) in [4.78, 5) is 10.6. The minimum atomic E-state index is -0.0127. The van der Waals surface area contributed by atoms with E-state index in [1.165, 1.54) is 6.92 Å². The lowest BCUT2D eigenvalue weighted by atomic mass is 10.3. The third kappa shape index (κ3) is 4.44. The standard InChI is InChI=1S/C11H17N3O/c1-3-7-14-9-11(8-13-14)5-4-6-12-10(2)15/h4-5,8-9H,3,6-7H2,1-2H3,(H,12,15). The van der Waals surface area contributed by atoms with Crippen molar-refractivity contribution >= 4 is 12.0 Å². The van der Waals surface area contributed by atoms with Gasteiger partial charge in [-0.25, -0.2) is 0 Å². The van der Waals surface area contributed by atoms with Gasteiger partial charge < -0.3 is 5.32 Å². The highest BCUT2D eigenvalue weighted by molar-refractivity contribution is 5.73. The van der Waals surface area contributed by atoms with Crippen LogP contribution in [0.5, 0.6) is 0 Å². The number of carbonyl (C=O) groups excluding carboxylic acids is 1. The number of carbonyl (C=O) groups is 1. The van der Waals surface area contributed by atoms with Crippen LogP contribution in [0.4, 0.5) is 0 Å². The molecule has 1 amide bonds. The van der Waals surface area contributed by atoms with Gasteiger partial charge >= 0.3 is 0 Å². The van der Waals surface area contributed by atoms with Crippen molar-refractivity contribution in [1.29, 1.82) is 0 Å². The Bertz CT molecular complexity index is 341. The number of hydrogen-bond donors (Lipinski definition) is 1. The Labute approximate surface area is 90.0 Å². The molecule has 0 aromatic carbocycles. The van der Waals surface area contributed by atoms with Crippen molar-refractivity contribution in [2.24, 2.45) is 0 Å². The van der Waals surface area contributed by atoms with E-state index in [2.05, 4.69) is 17.3 Å². The van der Waals surface area contributed by atoms with E-state index < -0.39 is 0 Å². The van der Waals surface area contributed by atoms with Crippen LogP contribution in [0, 0.1) is 0 Å². The van der Waals surface area contributed by atoms with Crippen molar-refractivity contribution in [3.05, 3.63) is 24.0 Å². The smallest absolute Gasteiger partial charge is 0.217 e. The van der Waals surface area contributed by atoms with Crippen LogP contribution in [0.15, 0.2) is 18.5 Å². The van der Waals surface area contributed by atoms with E-state index in [4.69, 9.17) is 0 Å². The number of hydrogen-bond acceptors (Lipinski definition) is 2. The fourth-order valence-electron chi connectivity index (χ4n) is 1.21. The van der Waals surface area contributed by atoms with Gasteiger partial charge in [-0.1, -0.05) is 19.1 Å². The third-order valence-electron chi connectivity index (χ3n) is 1.89. The Morgan fingerprint density at radius 1 is 1.67 bits per heavy atom. The second-order valence-electron chi connectivity index (χ2n) is 3.38. The molecule has 15 heavy (non-hydrogen) atoms. The molecule has 0 unspecified atom stereocenters. The Kier molecular flexibility index (Phi) is 4.60. The molecule has 82 valence electrons. The summed E-state index contributed by atoms with van der Waals surface area (Å²) < 4.78 is 1.91. The topological polar surface area (TPSA) is 46.9 Å². The Hall–Kier alpha value is -1.58. The summed E-state index contributed by atoms with van der Waals surface area (Å²) in [6.45, 7) is 5.13. The molecule has 4 nitrogen and oxygen atoms in total. The molecule has 1 aromatic heterocycles. The highest BCUT2D eigenvalue weighted by Gasteiger charge is 1.93. The summed E-state index contributed by atoms with van der Waals surface area (Å²) in [5, 5.41) is 6.89. The van der Waals surface area contributed by atoms with Crippen LogP contribution >= 0.6 is 0 Å². The van der Waals surface area contributed by atoms with Crippen molar-refractivity contribution in [2.45, 2.75) is 26.8 Å². The molecule has 1 heterocycles. The maximum atomic E-state index is 10.6. The van der Waals surface area contributed by atoms with E-state index in [-0.39, 0.29) is 5.91 Å². The molecule has 0 aliphatic heterocycles. The normalized spacial score (nSPS) is 10.8. The second kappa shape index (κ2) is 6.01. The van der Waals surface area contributed by atoms with Gasteiger partial charge in [-0.05, 0) is 6.42 Å². The molecule has 0 saturated heterocycles. The van der Waals surface area contributed by atoms with Crippen LogP contribution in [0.1, 0.15) is 25.8 Å². The van der Waals surface area contributed by atoms with E-state index in [1.807, 2.05) is 29.2 Å². The molecule has 4 heteroatoms. The van der Waals surface area contributed by atoms with Crippen LogP contribution in [0.2, 0.25) is 0 Å². The van der Waals surface area contributed by atoms with Crippen molar-refractivity contribution < 1.29 is 4.79 Å². The van der Waals surface area contributed by atoms with Gasteiger partial charge in [0.15, 0.2) is 0 Å². The second-order valence-corrected chi connectivity index (χ2v) is 3.38. The zero-order valence-electron chi connectivity index (χ0n) is 9.23. The van der Waals surface area contributed by atoms with Crippen molar-refractivity contribution in [3.8, 4) is 0 Å². The van der Waals surface area contributed by atoms with Gasteiger partial charge in [0.05, 0.1) is 6.20 Å². The number of nitrogens with zero attached hydrogens (tertiary/aromatic N) is 2. The molecule has 0 saturated carbocycles. The van der Waals surface area contributed by atoms with E-state index in [9.17, 15) is 4.79 Å². The quantitative estimate of drug-likeness (QED) is 0.794. The van der Waals surface area contributed by atoms with E-state index >= 15 is 0 Å². The molecular weight excluding hydrogens is 190 g/mol. The number of aryl methyl sites for hydroxylation is 1. The molecule has 1 rings (SSSR count). The van der Waals surface area contributed by atoms with Gasteiger partial charge in [-0.15, -0.1) is 0 Å². The molecule has 0 atom stereocenters. The lowest BCUT2D eigenvalue weighted by Crippen LogP contribution is -2.19. The lowest BCUT2D eigenvalue weighted by molar-refractivity contribution is -0.118. The fraction of sp³-hybridized carbons (Fsp3) is 0.455. The summed E-state index contributed by atoms with van der Waals surface area (Å²) in [7, 11) is 0. The fourth-order valence-corrected chi connectivity index (χ4v) is 1.21. The Morgan fingerprint density at radius 3 is 3.13 bits per heavy atom. The maximum Gasteiger partial charge on any atom is 0.217 e. The van der Waals surface area contributed by atoms with Gasteiger partial charge in [-0.3, -0.25) is 9.48 Å². The van der Waals surface area contributed by atoms with Gasteiger partial charge in [0.1, 0.15) is 0 Å². The first-order chi connectivity index (χ1) is 7.22. The molecule has 0 bridgehead atoms. The van der Waals surface area contributed by atoms with Crippen LogP contribution in [-0.4, -0.2) is 22.2 Å². The first kappa shape index (κ1) is 11.5.